The van der Waals surface area contributed by atoms with Crippen LogP contribution in [0, 0.1) is 0 Å². The molecule has 0 unspecified atom stereocenters. The van der Waals surface area contributed by atoms with Gasteiger partial charge in [0.25, 0.3) is 0 Å². The molecule has 0 aliphatic rings. The van der Waals surface area contributed by atoms with Crippen molar-refractivity contribution < 1.29 is 19.1 Å². The molecule has 36 heavy (non-hydrogen) atoms. The fraction of sp³-hybridized carbons (Fsp3) is 0.0625. The Balaban J connectivity index is 1.40. The molecule has 4 rings (SSSR count). The van der Waals surface area contributed by atoms with Crippen LogP contribution in [0.3, 0.4) is 0 Å². The zero-order valence-electron chi connectivity index (χ0n) is 19.9. The second-order valence-electron chi connectivity index (χ2n) is 8.22. The average molecular weight is 475 g/mol. The van der Waals surface area contributed by atoms with Gasteiger partial charge >= 0.3 is 0 Å². The smallest absolute Gasteiger partial charge is 0.193 e. The van der Waals surface area contributed by atoms with Gasteiger partial charge in [0.1, 0.15) is 24.7 Å². The summed E-state index contributed by atoms with van der Waals surface area (Å²) in [7, 11) is 0. The third-order valence-corrected chi connectivity index (χ3v) is 5.60. The Hall–Kier alpha value is -4.70. The van der Waals surface area contributed by atoms with Crippen molar-refractivity contribution in [1.29, 1.82) is 0 Å². The predicted octanol–water partition coefficient (Wildman–Crippen LogP) is 7.02. The van der Waals surface area contributed by atoms with E-state index in [4.69, 9.17) is 9.47 Å². The normalized spacial score (nSPS) is 10.3. The number of Topliss-reactive ketones (excluding diaryl/α,β-unsaturated/α-hetero) is 2. The first-order valence-electron chi connectivity index (χ1n) is 11.5. The maximum atomic E-state index is 13.1. The highest BCUT2D eigenvalue weighted by molar-refractivity contribution is 6.22. The van der Waals surface area contributed by atoms with Gasteiger partial charge in [-0.2, -0.15) is 0 Å². The number of ether oxygens (including phenoxy) is 2. The van der Waals surface area contributed by atoms with Gasteiger partial charge in [-0.15, -0.1) is 0 Å². The maximum absolute atomic E-state index is 13.1. The van der Waals surface area contributed by atoms with Crippen LogP contribution in [0.5, 0.6) is 11.5 Å². The minimum absolute atomic E-state index is 0.0378. The van der Waals surface area contributed by atoms with E-state index in [0.29, 0.717) is 35.8 Å². The lowest BCUT2D eigenvalue weighted by Crippen LogP contribution is -2.12. The van der Waals surface area contributed by atoms with Crippen LogP contribution < -0.4 is 9.47 Å². The number of ketones is 2. The number of allylic oxidation sites excluding steroid dienone is 2. The van der Waals surface area contributed by atoms with Gasteiger partial charge in [-0.25, -0.2) is 0 Å². The van der Waals surface area contributed by atoms with Gasteiger partial charge in [0.15, 0.2) is 11.6 Å². The van der Waals surface area contributed by atoms with Gasteiger partial charge in [0, 0.05) is 22.3 Å². The molecule has 0 radical (unpaired) electrons. The summed E-state index contributed by atoms with van der Waals surface area (Å²) in [5.41, 5.74) is 2.87. The van der Waals surface area contributed by atoms with E-state index in [0.717, 1.165) is 11.1 Å². The van der Waals surface area contributed by atoms with Crippen LogP contribution in [0.15, 0.2) is 133 Å². The van der Waals surface area contributed by atoms with Crippen LogP contribution in [0.25, 0.3) is 0 Å². The molecule has 0 fully saturated rings. The Bertz CT molecular complexity index is 1280. The summed E-state index contributed by atoms with van der Waals surface area (Å²) in [6, 6.07) is 33.2. The third kappa shape index (κ3) is 6.24. The first-order valence-corrected chi connectivity index (χ1v) is 11.5. The molecule has 0 heterocycles. The van der Waals surface area contributed by atoms with Crippen LogP contribution in [-0.2, 0) is 13.2 Å². The Morgan fingerprint density at radius 2 is 0.917 bits per heavy atom. The average Bonchev–Trinajstić information content (AvgIpc) is 2.95. The first-order chi connectivity index (χ1) is 17.5. The second kappa shape index (κ2) is 11.6. The molecule has 0 aromatic heterocycles. The van der Waals surface area contributed by atoms with Crippen molar-refractivity contribution in [2.75, 3.05) is 0 Å². The summed E-state index contributed by atoms with van der Waals surface area (Å²) in [6.45, 7) is 8.48. The number of hydrogen-bond donors (Lipinski definition) is 0. The number of carbonyl (C=O) groups is 2. The number of carbonyl (C=O) groups excluding carboxylic acids is 2. The molecule has 0 amide bonds. The van der Waals surface area contributed by atoms with Crippen molar-refractivity contribution in [3.05, 3.63) is 156 Å². The van der Waals surface area contributed by atoms with Gasteiger partial charge in [0.2, 0.25) is 0 Å². The molecule has 4 aromatic carbocycles. The van der Waals surface area contributed by atoms with Crippen molar-refractivity contribution in [1.82, 2.24) is 0 Å². The molecule has 0 saturated heterocycles. The highest BCUT2D eigenvalue weighted by Crippen LogP contribution is 2.23. The molecule has 4 aromatic rings. The first kappa shape index (κ1) is 24.4. The van der Waals surface area contributed by atoms with Crippen molar-refractivity contribution in [3.63, 3.8) is 0 Å². The minimum Gasteiger partial charge on any atom is -0.489 e. The van der Waals surface area contributed by atoms with Crippen molar-refractivity contribution in [2.45, 2.75) is 13.2 Å². The molecule has 0 spiro atoms. The number of hydrogen-bond acceptors (Lipinski definition) is 4. The minimum atomic E-state index is -0.380. The van der Waals surface area contributed by atoms with E-state index >= 15 is 0 Å². The second-order valence-corrected chi connectivity index (χ2v) is 8.22. The van der Waals surface area contributed by atoms with Crippen LogP contribution in [0.4, 0.5) is 0 Å². The molecule has 0 atom stereocenters. The van der Waals surface area contributed by atoms with E-state index in [1.165, 1.54) is 0 Å². The lowest BCUT2D eigenvalue weighted by atomic mass is 9.93. The largest absolute Gasteiger partial charge is 0.489 e. The molecule has 0 aliphatic carbocycles. The zero-order valence-corrected chi connectivity index (χ0v) is 19.9. The Kier molecular flexibility index (Phi) is 7.89. The quantitative estimate of drug-likeness (QED) is 0.133. The summed E-state index contributed by atoms with van der Waals surface area (Å²) in [4.78, 5) is 26.2. The molecule has 0 aliphatic heterocycles. The topological polar surface area (TPSA) is 52.6 Å². The monoisotopic (exact) mass is 474 g/mol. The zero-order chi connectivity index (χ0) is 25.3. The van der Waals surface area contributed by atoms with Gasteiger partial charge in [-0.05, 0) is 35.4 Å². The van der Waals surface area contributed by atoms with E-state index < -0.39 is 0 Å². The predicted molar refractivity (Wildman–Crippen MR) is 141 cm³/mol. The van der Waals surface area contributed by atoms with Crippen LogP contribution >= 0.6 is 0 Å². The van der Waals surface area contributed by atoms with Gasteiger partial charge < -0.3 is 9.47 Å². The molecule has 0 N–H and O–H groups in total. The number of rotatable bonds is 11. The SMILES string of the molecule is C=C(C(=C)C(=O)c1cccc(OCc2ccccc2)c1)C(=O)c1cccc(OCc2ccccc2)c1. The van der Waals surface area contributed by atoms with Crippen LogP contribution in [-0.4, -0.2) is 11.6 Å². The molecule has 4 heteroatoms. The van der Waals surface area contributed by atoms with Crippen molar-refractivity contribution >= 4 is 11.6 Å². The van der Waals surface area contributed by atoms with Crippen molar-refractivity contribution in [2.24, 2.45) is 0 Å². The standard InChI is InChI=1S/C32H26O4/c1-23(31(33)27-15-9-17-29(19-27)35-21-25-11-5-3-6-12-25)24(2)32(34)28-16-10-18-30(20-28)36-22-26-13-7-4-8-14-26/h3-20H,1-2,21-22H2. The molecule has 4 nitrogen and oxygen atoms in total. The molecular weight excluding hydrogens is 448 g/mol. The van der Waals surface area contributed by atoms with Crippen LogP contribution in [0.1, 0.15) is 31.8 Å². The Morgan fingerprint density at radius 1 is 0.528 bits per heavy atom. The van der Waals surface area contributed by atoms with E-state index in [-0.39, 0.29) is 22.7 Å². The van der Waals surface area contributed by atoms with Gasteiger partial charge in [-0.1, -0.05) is 98.1 Å². The highest BCUT2D eigenvalue weighted by atomic mass is 16.5. The Morgan fingerprint density at radius 3 is 1.31 bits per heavy atom. The molecular formula is C32H26O4. The number of benzene rings is 4. The summed E-state index contributed by atoms with van der Waals surface area (Å²) in [5, 5.41) is 0. The van der Waals surface area contributed by atoms with Gasteiger partial charge in [-0.3, -0.25) is 9.59 Å². The van der Waals surface area contributed by atoms with E-state index in [2.05, 4.69) is 13.2 Å². The van der Waals surface area contributed by atoms with Crippen molar-refractivity contribution in [3.8, 4) is 11.5 Å². The van der Waals surface area contributed by atoms with E-state index in [1.54, 1.807) is 48.5 Å². The fourth-order valence-electron chi connectivity index (χ4n) is 3.56. The maximum Gasteiger partial charge on any atom is 0.193 e. The Labute approximate surface area is 211 Å². The third-order valence-electron chi connectivity index (χ3n) is 5.60. The summed E-state index contributed by atoms with van der Waals surface area (Å²) in [6.07, 6.45) is 0. The van der Waals surface area contributed by atoms with E-state index in [1.807, 2.05) is 60.7 Å². The summed E-state index contributed by atoms with van der Waals surface area (Å²) in [5.74, 6) is 0.348. The summed E-state index contributed by atoms with van der Waals surface area (Å²) < 4.78 is 11.6. The highest BCUT2D eigenvalue weighted by Gasteiger charge is 2.20. The molecule has 0 saturated carbocycles. The fourth-order valence-corrected chi connectivity index (χ4v) is 3.56. The van der Waals surface area contributed by atoms with Crippen LogP contribution in [0.2, 0.25) is 0 Å². The lowest BCUT2D eigenvalue weighted by Gasteiger charge is -2.11. The molecule has 0 bridgehead atoms. The lowest BCUT2D eigenvalue weighted by molar-refractivity contribution is 0.0997. The summed E-state index contributed by atoms with van der Waals surface area (Å²) >= 11 is 0. The van der Waals surface area contributed by atoms with E-state index in [9.17, 15) is 9.59 Å². The molecule has 178 valence electrons. The van der Waals surface area contributed by atoms with Gasteiger partial charge in [0.05, 0.1) is 0 Å².